The summed E-state index contributed by atoms with van der Waals surface area (Å²) in [6.45, 7) is 6.59. The van der Waals surface area contributed by atoms with E-state index in [1.54, 1.807) is 30.3 Å². The van der Waals surface area contributed by atoms with Crippen molar-refractivity contribution in [2.75, 3.05) is 6.54 Å². The zero-order chi connectivity index (χ0) is 16.8. The minimum atomic E-state index is -0.876. The molecule has 1 aromatic carbocycles. The highest BCUT2D eigenvalue weighted by Gasteiger charge is 2.14. The van der Waals surface area contributed by atoms with Gasteiger partial charge in [0.1, 0.15) is 5.82 Å². The number of benzene rings is 1. The van der Waals surface area contributed by atoms with Crippen molar-refractivity contribution < 1.29 is 13.6 Å². The molecule has 0 saturated carbocycles. The molecule has 1 aromatic heterocycles. The van der Waals surface area contributed by atoms with Gasteiger partial charge in [-0.05, 0) is 17.7 Å². The van der Waals surface area contributed by atoms with E-state index in [2.05, 4.69) is 11.6 Å². The van der Waals surface area contributed by atoms with Crippen molar-refractivity contribution in [3.8, 4) is 0 Å². The van der Waals surface area contributed by atoms with Crippen molar-refractivity contribution in [2.24, 2.45) is 0 Å². The molecule has 0 radical (unpaired) electrons. The van der Waals surface area contributed by atoms with Gasteiger partial charge in [-0.15, -0.1) is 6.58 Å². The van der Waals surface area contributed by atoms with E-state index in [4.69, 9.17) is 0 Å². The number of imidazole rings is 1. The van der Waals surface area contributed by atoms with E-state index in [0.717, 1.165) is 12.1 Å². The van der Waals surface area contributed by atoms with Crippen LogP contribution in [0.5, 0.6) is 0 Å². The summed E-state index contributed by atoms with van der Waals surface area (Å²) in [4.78, 5) is 17.8. The maximum absolute atomic E-state index is 13.3. The van der Waals surface area contributed by atoms with E-state index >= 15 is 0 Å². The Kier molecular flexibility index (Phi) is 5.62. The number of hydrogen-bond acceptors (Lipinski definition) is 2. The van der Waals surface area contributed by atoms with Gasteiger partial charge in [0.05, 0.1) is 6.54 Å². The summed E-state index contributed by atoms with van der Waals surface area (Å²) in [5, 5.41) is 0. The Labute approximate surface area is 134 Å². The Morgan fingerprint density at radius 3 is 2.83 bits per heavy atom. The van der Waals surface area contributed by atoms with Crippen LogP contribution in [0.2, 0.25) is 0 Å². The first-order valence-electron chi connectivity index (χ1n) is 7.37. The molecular weight excluding hydrogens is 300 g/mol. The van der Waals surface area contributed by atoms with Crippen LogP contribution in [0.4, 0.5) is 8.78 Å². The van der Waals surface area contributed by atoms with E-state index in [-0.39, 0.29) is 5.91 Å². The first kappa shape index (κ1) is 16.9. The maximum Gasteiger partial charge on any atom is 0.222 e. The molecule has 0 atom stereocenters. The van der Waals surface area contributed by atoms with Crippen LogP contribution >= 0.6 is 0 Å². The molecule has 23 heavy (non-hydrogen) atoms. The molecule has 1 heterocycles. The van der Waals surface area contributed by atoms with Gasteiger partial charge in [0.15, 0.2) is 11.6 Å². The van der Waals surface area contributed by atoms with Crippen molar-refractivity contribution in [1.29, 1.82) is 0 Å². The molecule has 2 aromatic rings. The van der Waals surface area contributed by atoms with Gasteiger partial charge in [0, 0.05) is 31.9 Å². The number of amides is 1. The monoisotopic (exact) mass is 319 g/mol. The molecule has 0 aliphatic carbocycles. The van der Waals surface area contributed by atoms with E-state index in [0.29, 0.717) is 37.4 Å². The average Bonchev–Trinajstić information content (AvgIpc) is 2.96. The summed E-state index contributed by atoms with van der Waals surface area (Å²) in [6, 6.07) is 3.80. The lowest BCUT2D eigenvalue weighted by molar-refractivity contribution is -0.131. The molecule has 6 heteroatoms. The Morgan fingerprint density at radius 1 is 1.39 bits per heavy atom. The predicted molar refractivity (Wildman–Crippen MR) is 83.6 cm³/mol. The zero-order valence-corrected chi connectivity index (χ0v) is 13.0. The molecule has 0 bridgehead atoms. The van der Waals surface area contributed by atoms with Gasteiger partial charge in [-0.2, -0.15) is 0 Å². The fraction of sp³-hybridized carbons (Fsp3) is 0.294. The molecular formula is C17H19F2N3O. The van der Waals surface area contributed by atoms with Crippen molar-refractivity contribution in [3.63, 3.8) is 0 Å². The Morgan fingerprint density at radius 2 is 2.17 bits per heavy atom. The second-order valence-electron chi connectivity index (χ2n) is 5.14. The molecule has 0 unspecified atom stereocenters. The van der Waals surface area contributed by atoms with Gasteiger partial charge in [-0.1, -0.05) is 19.1 Å². The van der Waals surface area contributed by atoms with Gasteiger partial charge in [0.2, 0.25) is 5.91 Å². The summed E-state index contributed by atoms with van der Waals surface area (Å²) < 4.78 is 28.1. The third-order valence-electron chi connectivity index (χ3n) is 3.48. The number of aromatic nitrogens is 2. The molecule has 0 N–H and O–H groups in total. The molecule has 4 nitrogen and oxygen atoms in total. The molecule has 0 spiro atoms. The third-order valence-corrected chi connectivity index (χ3v) is 3.48. The zero-order valence-electron chi connectivity index (χ0n) is 13.0. The van der Waals surface area contributed by atoms with Crippen LogP contribution in [0.1, 0.15) is 24.7 Å². The van der Waals surface area contributed by atoms with Crippen LogP contribution in [-0.2, 0) is 17.9 Å². The van der Waals surface area contributed by atoms with E-state index < -0.39 is 11.6 Å². The molecule has 0 saturated heterocycles. The highest BCUT2D eigenvalue weighted by Crippen LogP contribution is 2.12. The third kappa shape index (κ3) is 4.25. The minimum Gasteiger partial charge on any atom is -0.332 e. The maximum atomic E-state index is 13.3. The van der Waals surface area contributed by atoms with Crippen LogP contribution in [0.3, 0.4) is 0 Å². The second kappa shape index (κ2) is 7.67. The predicted octanol–water partition coefficient (Wildman–Crippen LogP) is 3.13. The van der Waals surface area contributed by atoms with E-state index in [1.165, 1.54) is 6.07 Å². The van der Waals surface area contributed by atoms with Crippen LogP contribution < -0.4 is 0 Å². The standard InChI is InChI=1S/C17H19F2N3O/c1-3-8-22(17(23)4-2)12-16-20-7-9-21(16)11-13-5-6-14(18)15(19)10-13/h3,5-7,9-10H,1,4,8,11-12H2,2H3. The smallest absolute Gasteiger partial charge is 0.222 e. The fourth-order valence-electron chi connectivity index (χ4n) is 2.28. The molecule has 0 aliphatic heterocycles. The van der Waals surface area contributed by atoms with Gasteiger partial charge in [0.25, 0.3) is 0 Å². The lowest BCUT2D eigenvalue weighted by Gasteiger charge is -2.20. The lowest BCUT2D eigenvalue weighted by atomic mass is 10.2. The average molecular weight is 319 g/mol. The van der Waals surface area contributed by atoms with E-state index in [1.807, 2.05) is 4.57 Å². The number of carbonyl (C=O) groups excluding carboxylic acids is 1. The van der Waals surface area contributed by atoms with Crippen LogP contribution in [0, 0.1) is 11.6 Å². The Bertz CT molecular complexity index is 697. The van der Waals surface area contributed by atoms with Crippen molar-refractivity contribution in [2.45, 2.75) is 26.4 Å². The summed E-state index contributed by atoms with van der Waals surface area (Å²) in [5.41, 5.74) is 0.625. The van der Waals surface area contributed by atoms with Gasteiger partial charge >= 0.3 is 0 Å². The molecule has 2 rings (SSSR count). The van der Waals surface area contributed by atoms with Gasteiger partial charge in [-0.25, -0.2) is 13.8 Å². The van der Waals surface area contributed by atoms with Crippen LogP contribution in [0.25, 0.3) is 0 Å². The van der Waals surface area contributed by atoms with Crippen LogP contribution in [-0.4, -0.2) is 26.9 Å². The summed E-state index contributed by atoms with van der Waals surface area (Å²) >= 11 is 0. The first-order valence-corrected chi connectivity index (χ1v) is 7.37. The largest absolute Gasteiger partial charge is 0.332 e. The normalized spacial score (nSPS) is 10.6. The highest BCUT2D eigenvalue weighted by molar-refractivity contribution is 5.75. The summed E-state index contributed by atoms with van der Waals surface area (Å²) in [5.74, 6) is -1.06. The number of carbonyl (C=O) groups is 1. The quantitative estimate of drug-likeness (QED) is 0.735. The molecule has 1 amide bonds. The van der Waals surface area contributed by atoms with Gasteiger partial charge < -0.3 is 9.47 Å². The molecule has 122 valence electrons. The van der Waals surface area contributed by atoms with E-state index in [9.17, 15) is 13.6 Å². The number of hydrogen-bond donors (Lipinski definition) is 0. The van der Waals surface area contributed by atoms with Crippen molar-refractivity contribution in [1.82, 2.24) is 14.5 Å². The summed E-state index contributed by atoms with van der Waals surface area (Å²) in [7, 11) is 0. The van der Waals surface area contributed by atoms with Gasteiger partial charge in [-0.3, -0.25) is 4.79 Å². The highest BCUT2D eigenvalue weighted by atomic mass is 19.2. The topological polar surface area (TPSA) is 38.1 Å². The van der Waals surface area contributed by atoms with Crippen molar-refractivity contribution >= 4 is 5.91 Å². The Balaban J connectivity index is 2.16. The number of nitrogens with zero attached hydrogens (tertiary/aromatic N) is 3. The molecule has 0 aliphatic rings. The SMILES string of the molecule is C=CCN(Cc1nccn1Cc1ccc(F)c(F)c1)C(=O)CC. The lowest BCUT2D eigenvalue weighted by Crippen LogP contribution is -2.31. The number of rotatable bonds is 7. The van der Waals surface area contributed by atoms with Crippen LogP contribution in [0.15, 0.2) is 43.2 Å². The Hall–Kier alpha value is -2.50. The molecule has 0 fully saturated rings. The second-order valence-corrected chi connectivity index (χ2v) is 5.14. The summed E-state index contributed by atoms with van der Waals surface area (Å²) in [6.07, 6.45) is 5.44. The first-order chi connectivity index (χ1) is 11.0. The minimum absolute atomic E-state index is 0.00674. The number of halogens is 2. The van der Waals surface area contributed by atoms with Crippen molar-refractivity contribution in [3.05, 3.63) is 66.3 Å². The fourth-order valence-corrected chi connectivity index (χ4v) is 2.28.